The zero-order valence-electron chi connectivity index (χ0n) is 9.77. The van der Waals surface area contributed by atoms with Crippen molar-refractivity contribution in [2.45, 2.75) is 26.9 Å². The molecule has 0 unspecified atom stereocenters. The van der Waals surface area contributed by atoms with Crippen LogP contribution in [0.4, 0.5) is 0 Å². The molecule has 0 amide bonds. The molecule has 2 rings (SSSR count). The predicted molar refractivity (Wildman–Crippen MR) is 65.1 cm³/mol. The summed E-state index contributed by atoms with van der Waals surface area (Å²) in [4.78, 5) is 4.22. The molecule has 0 aliphatic carbocycles. The van der Waals surface area contributed by atoms with E-state index in [1.165, 1.54) is 16.7 Å². The van der Waals surface area contributed by atoms with Crippen LogP contribution in [0.2, 0.25) is 0 Å². The van der Waals surface area contributed by atoms with E-state index < -0.39 is 0 Å². The second-order valence-corrected chi connectivity index (χ2v) is 4.11. The van der Waals surface area contributed by atoms with Crippen molar-refractivity contribution < 1.29 is 0 Å². The van der Waals surface area contributed by atoms with Crippen LogP contribution >= 0.6 is 0 Å². The Labute approximate surface area is 95.9 Å². The number of aryl methyl sites for hydroxylation is 2. The van der Waals surface area contributed by atoms with Crippen LogP contribution in [0.5, 0.6) is 0 Å². The van der Waals surface area contributed by atoms with E-state index in [1.54, 1.807) is 6.20 Å². The van der Waals surface area contributed by atoms with Gasteiger partial charge in [0.15, 0.2) is 0 Å². The first kappa shape index (κ1) is 10.9. The lowest BCUT2D eigenvalue weighted by molar-refractivity contribution is 0.721. The molecule has 0 saturated carbocycles. The number of nitrogens with two attached hydrogens (primary N) is 1. The average molecular weight is 215 g/mol. The maximum Gasteiger partial charge on any atom is 0.122 e. The van der Waals surface area contributed by atoms with E-state index in [4.69, 9.17) is 5.73 Å². The Bertz CT molecular complexity index is 486. The van der Waals surface area contributed by atoms with E-state index in [0.717, 1.165) is 12.4 Å². The van der Waals surface area contributed by atoms with Gasteiger partial charge < -0.3 is 10.3 Å². The van der Waals surface area contributed by atoms with E-state index in [0.29, 0.717) is 6.54 Å². The Balaban J connectivity index is 2.27. The van der Waals surface area contributed by atoms with E-state index in [9.17, 15) is 0 Å². The van der Waals surface area contributed by atoms with Crippen molar-refractivity contribution in [1.82, 2.24) is 9.55 Å². The molecule has 0 bridgehead atoms. The summed E-state index contributed by atoms with van der Waals surface area (Å²) in [5, 5.41) is 0. The Hall–Kier alpha value is -1.61. The van der Waals surface area contributed by atoms with Gasteiger partial charge in [0, 0.05) is 18.9 Å². The molecule has 1 heterocycles. The molecule has 2 aromatic rings. The highest BCUT2D eigenvalue weighted by Gasteiger charge is 2.03. The van der Waals surface area contributed by atoms with Crippen molar-refractivity contribution in [3.05, 3.63) is 53.1 Å². The number of hydrogen-bond acceptors (Lipinski definition) is 2. The summed E-state index contributed by atoms with van der Waals surface area (Å²) >= 11 is 0. The zero-order valence-corrected chi connectivity index (χ0v) is 9.77. The fraction of sp³-hybridized carbons (Fsp3) is 0.308. The largest absolute Gasteiger partial charge is 0.329 e. The molecular formula is C13H17N3. The molecule has 2 N–H and O–H groups in total. The highest BCUT2D eigenvalue weighted by molar-refractivity contribution is 5.30. The van der Waals surface area contributed by atoms with Crippen molar-refractivity contribution >= 4 is 0 Å². The molecule has 0 fully saturated rings. The molecule has 0 spiro atoms. The number of nitrogens with zero attached hydrogens (tertiary/aromatic N) is 2. The zero-order chi connectivity index (χ0) is 11.5. The second-order valence-electron chi connectivity index (χ2n) is 4.11. The number of imidazole rings is 1. The van der Waals surface area contributed by atoms with Crippen molar-refractivity contribution in [3.63, 3.8) is 0 Å². The third-order valence-corrected chi connectivity index (χ3v) is 2.82. The molecule has 0 aliphatic rings. The molecule has 0 radical (unpaired) electrons. The highest BCUT2D eigenvalue weighted by atomic mass is 15.1. The minimum absolute atomic E-state index is 0.484. The van der Waals surface area contributed by atoms with Gasteiger partial charge in [-0.3, -0.25) is 0 Å². The number of benzene rings is 1. The van der Waals surface area contributed by atoms with Crippen molar-refractivity contribution in [2.24, 2.45) is 5.73 Å². The van der Waals surface area contributed by atoms with Gasteiger partial charge in [0.1, 0.15) is 5.82 Å². The third-order valence-electron chi connectivity index (χ3n) is 2.82. The van der Waals surface area contributed by atoms with E-state index in [-0.39, 0.29) is 0 Å². The normalized spacial score (nSPS) is 10.7. The van der Waals surface area contributed by atoms with Gasteiger partial charge in [-0.15, -0.1) is 0 Å². The van der Waals surface area contributed by atoms with Crippen LogP contribution in [-0.2, 0) is 13.1 Å². The van der Waals surface area contributed by atoms with Crippen LogP contribution in [0, 0.1) is 13.8 Å². The van der Waals surface area contributed by atoms with E-state index >= 15 is 0 Å². The summed E-state index contributed by atoms with van der Waals surface area (Å²) in [6.07, 6.45) is 3.77. The summed E-state index contributed by atoms with van der Waals surface area (Å²) < 4.78 is 2.09. The Morgan fingerprint density at radius 3 is 2.81 bits per heavy atom. The SMILES string of the molecule is Cc1ccc(Cn2ccnc2CN)c(C)c1. The Morgan fingerprint density at radius 1 is 1.31 bits per heavy atom. The number of aromatic nitrogens is 2. The first-order valence-corrected chi connectivity index (χ1v) is 5.47. The smallest absolute Gasteiger partial charge is 0.122 e. The molecule has 0 aliphatic heterocycles. The monoisotopic (exact) mass is 215 g/mol. The molecule has 1 aromatic carbocycles. The summed E-state index contributed by atoms with van der Waals surface area (Å²) in [6, 6.07) is 6.51. The maximum atomic E-state index is 5.63. The van der Waals surface area contributed by atoms with Gasteiger partial charge in [0.2, 0.25) is 0 Å². The molecule has 16 heavy (non-hydrogen) atoms. The lowest BCUT2D eigenvalue weighted by Gasteiger charge is -2.10. The maximum absolute atomic E-state index is 5.63. The molecule has 1 aromatic heterocycles. The summed E-state index contributed by atoms with van der Waals surface area (Å²) in [5.74, 6) is 0.931. The average Bonchev–Trinajstić information content (AvgIpc) is 2.69. The third kappa shape index (κ3) is 2.14. The van der Waals surface area contributed by atoms with Gasteiger partial charge in [-0.2, -0.15) is 0 Å². The summed E-state index contributed by atoms with van der Waals surface area (Å²) in [7, 11) is 0. The molecule has 3 nitrogen and oxygen atoms in total. The lowest BCUT2D eigenvalue weighted by atomic mass is 10.1. The van der Waals surface area contributed by atoms with E-state index in [2.05, 4.69) is 41.6 Å². The molecule has 84 valence electrons. The van der Waals surface area contributed by atoms with Gasteiger partial charge in [-0.1, -0.05) is 23.8 Å². The van der Waals surface area contributed by atoms with Crippen LogP contribution in [-0.4, -0.2) is 9.55 Å². The minimum Gasteiger partial charge on any atom is -0.329 e. The standard InChI is InChI=1S/C13H17N3/c1-10-3-4-12(11(2)7-10)9-16-6-5-15-13(16)8-14/h3-7H,8-9,14H2,1-2H3. The summed E-state index contributed by atoms with van der Waals surface area (Å²) in [6.45, 7) is 5.58. The van der Waals surface area contributed by atoms with Crippen molar-refractivity contribution in [3.8, 4) is 0 Å². The van der Waals surface area contributed by atoms with Crippen LogP contribution in [0.1, 0.15) is 22.5 Å². The molecule has 0 atom stereocenters. The molecular weight excluding hydrogens is 198 g/mol. The van der Waals surface area contributed by atoms with E-state index in [1.807, 2.05) is 6.20 Å². The first-order chi connectivity index (χ1) is 7.70. The van der Waals surface area contributed by atoms with Crippen LogP contribution < -0.4 is 5.73 Å². The first-order valence-electron chi connectivity index (χ1n) is 5.47. The predicted octanol–water partition coefficient (Wildman–Crippen LogP) is 2.01. The summed E-state index contributed by atoms with van der Waals surface area (Å²) in [5.41, 5.74) is 9.56. The van der Waals surface area contributed by atoms with Gasteiger partial charge in [0.25, 0.3) is 0 Å². The van der Waals surface area contributed by atoms with Crippen molar-refractivity contribution in [2.75, 3.05) is 0 Å². The van der Waals surface area contributed by atoms with Crippen LogP contribution in [0.3, 0.4) is 0 Å². The second kappa shape index (κ2) is 4.49. The van der Waals surface area contributed by atoms with Crippen LogP contribution in [0.25, 0.3) is 0 Å². The highest BCUT2D eigenvalue weighted by Crippen LogP contribution is 2.12. The van der Waals surface area contributed by atoms with Gasteiger partial charge in [-0.05, 0) is 25.0 Å². The topological polar surface area (TPSA) is 43.8 Å². The Kier molecular flexibility index (Phi) is 3.06. The minimum atomic E-state index is 0.484. The fourth-order valence-electron chi connectivity index (χ4n) is 1.88. The number of hydrogen-bond donors (Lipinski definition) is 1. The quantitative estimate of drug-likeness (QED) is 0.851. The molecule has 3 heteroatoms. The fourth-order valence-corrected chi connectivity index (χ4v) is 1.88. The van der Waals surface area contributed by atoms with Crippen molar-refractivity contribution in [1.29, 1.82) is 0 Å². The number of rotatable bonds is 3. The van der Waals surface area contributed by atoms with Gasteiger partial charge in [0.05, 0.1) is 6.54 Å². The van der Waals surface area contributed by atoms with Gasteiger partial charge >= 0.3 is 0 Å². The lowest BCUT2D eigenvalue weighted by Crippen LogP contribution is -2.09. The molecule has 0 saturated heterocycles. The van der Waals surface area contributed by atoms with Gasteiger partial charge in [-0.25, -0.2) is 4.98 Å². The Morgan fingerprint density at radius 2 is 2.12 bits per heavy atom. The van der Waals surface area contributed by atoms with Crippen LogP contribution in [0.15, 0.2) is 30.6 Å².